The highest BCUT2D eigenvalue weighted by atomic mass is 16.1. The van der Waals surface area contributed by atoms with Crippen molar-refractivity contribution in [2.45, 2.75) is 47.5 Å². The summed E-state index contributed by atoms with van der Waals surface area (Å²) in [6, 6.07) is 0. The molecule has 0 saturated heterocycles. The second-order valence-electron chi connectivity index (χ2n) is 2.71. The third-order valence-corrected chi connectivity index (χ3v) is 2.09. The summed E-state index contributed by atoms with van der Waals surface area (Å²) in [5.41, 5.74) is 5.64. The van der Waals surface area contributed by atoms with E-state index in [9.17, 15) is 4.79 Å². The van der Waals surface area contributed by atoms with Crippen molar-refractivity contribution in [3.63, 3.8) is 0 Å². The lowest BCUT2D eigenvalue weighted by atomic mass is 9.90. The summed E-state index contributed by atoms with van der Waals surface area (Å²) in [5.74, 6) is 0.563. The molecular formula is C12H20O. The first-order valence-electron chi connectivity index (χ1n) is 5.32. The summed E-state index contributed by atoms with van der Waals surface area (Å²) in [6.07, 6.45) is 1.70. The summed E-state index contributed by atoms with van der Waals surface area (Å²) in [5, 5.41) is 0. The molecule has 74 valence electrons. The molecule has 2 aliphatic rings. The normalized spacial score (nSPS) is 22.2. The molecule has 0 spiro atoms. The van der Waals surface area contributed by atoms with Crippen LogP contribution in [0.3, 0.4) is 0 Å². The quantitative estimate of drug-likeness (QED) is 0.521. The van der Waals surface area contributed by atoms with Crippen LogP contribution in [0.15, 0.2) is 16.9 Å². The Morgan fingerprint density at radius 3 is 2.15 bits per heavy atom. The highest BCUT2D eigenvalue weighted by molar-refractivity contribution is 5.88. The lowest BCUT2D eigenvalue weighted by Gasteiger charge is -2.11. The van der Waals surface area contributed by atoms with E-state index >= 15 is 0 Å². The van der Waals surface area contributed by atoms with Gasteiger partial charge < -0.3 is 0 Å². The van der Waals surface area contributed by atoms with Gasteiger partial charge in [0, 0.05) is 23.5 Å². The van der Waals surface area contributed by atoms with Crippen LogP contribution in [-0.4, -0.2) is 5.78 Å². The average molecular weight is 180 g/mol. The molecule has 2 rings (SSSR count). The molecule has 1 nitrogen and oxygen atoms in total. The van der Waals surface area contributed by atoms with Gasteiger partial charge in [-0.1, -0.05) is 34.6 Å². The lowest BCUT2D eigenvalue weighted by Crippen LogP contribution is -2.14. The van der Waals surface area contributed by atoms with Crippen LogP contribution in [0.5, 0.6) is 0 Å². The lowest BCUT2D eigenvalue weighted by molar-refractivity contribution is -0.121. The molecule has 0 aromatic heterocycles. The molecule has 0 aromatic carbocycles. The average Bonchev–Trinajstić information content (AvgIpc) is 2.98. The first-order chi connectivity index (χ1) is 6.29. The Morgan fingerprint density at radius 2 is 1.69 bits per heavy atom. The second kappa shape index (κ2) is 5.77. The van der Waals surface area contributed by atoms with Crippen LogP contribution in [0, 0.1) is 5.92 Å². The fourth-order valence-corrected chi connectivity index (χ4v) is 1.32. The summed E-state index contributed by atoms with van der Waals surface area (Å²) >= 11 is 0. The summed E-state index contributed by atoms with van der Waals surface area (Å²) in [4.78, 5) is 11.0. The molecule has 0 amide bonds. The van der Waals surface area contributed by atoms with Crippen molar-refractivity contribution in [1.29, 1.82) is 0 Å². The summed E-state index contributed by atoms with van der Waals surface area (Å²) < 4.78 is 0. The van der Waals surface area contributed by atoms with Crippen molar-refractivity contribution in [3.05, 3.63) is 16.9 Å². The third kappa shape index (κ3) is 2.86. The molecule has 0 radical (unpaired) electrons. The molecule has 1 atom stereocenters. The van der Waals surface area contributed by atoms with Gasteiger partial charge in [-0.15, -0.1) is 5.73 Å². The van der Waals surface area contributed by atoms with Gasteiger partial charge in [0.05, 0.1) is 0 Å². The zero-order chi connectivity index (χ0) is 10.4. The zero-order valence-corrected chi connectivity index (χ0v) is 9.40. The number of carbonyl (C=O) groups is 1. The van der Waals surface area contributed by atoms with Crippen molar-refractivity contribution in [1.82, 2.24) is 0 Å². The van der Waals surface area contributed by atoms with E-state index < -0.39 is 0 Å². The van der Waals surface area contributed by atoms with Crippen LogP contribution in [0.25, 0.3) is 0 Å². The van der Waals surface area contributed by atoms with Gasteiger partial charge in [-0.3, -0.25) is 4.79 Å². The predicted molar refractivity (Wildman–Crippen MR) is 56.6 cm³/mol. The topological polar surface area (TPSA) is 17.1 Å². The van der Waals surface area contributed by atoms with Crippen LogP contribution in [-0.2, 0) is 4.79 Å². The Labute approximate surface area is 81.5 Å². The number of rotatable bonds is 0. The minimum atomic E-state index is 0.175. The molecule has 0 heterocycles. The molecule has 0 N–H and O–H groups in total. The van der Waals surface area contributed by atoms with E-state index in [0.717, 1.165) is 12.8 Å². The minimum Gasteiger partial charge on any atom is -0.299 e. The molecule has 0 bridgehead atoms. The SMILES string of the molecule is CC.CC.CC1C(=O)CCC2=C=C21. The molecule has 13 heavy (non-hydrogen) atoms. The van der Waals surface area contributed by atoms with E-state index in [1.54, 1.807) is 0 Å². The molecule has 0 aromatic rings. The first-order valence-corrected chi connectivity index (χ1v) is 5.32. The van der Waals surface area contributed by atoms with Crippen molar-refractivity contribution in [2.75, 3.05) is 0 Å². The van der Waals surface area contributed by atoms with Crippen molar-refractivity contribution >= 4 is 5.78 Å². The van der Waals surface area contributed by atoms with Crippen LogP contribution >= 0.6 is 0 Å². The van der Waals surface area contributed by atoms with Crippen LogP contribution < -0.4 is 0 Å². The van der Waals surface area contributed by atoms with Crippen molar-refractivity contribution in [2.24, 2.45) is 5.92 Å². The molecule has 1 heteroatoms. The maximum absolute atomic E-state index is 11.0. The van der Waals surface area contributed by atoms with Gasteiger partial charge in [-0.05, 0) is 6.42 Å². The maximum atomic E-state index is 11.0. The standard InChI is InChI=1S/C8H8O.2C2H6/c1-5-7-4-6(7)2-3-8(5)9;2*1-2/h5H,2-3H2,1H3;2*1-2H3. The number of hydrogen-bond donors (Lipinski definition) is 0. The van der Waals surface area contributed by atoms with E-state index in [0.29, 0.717) is 5.78 Å². The molecule has 1 fully saturated rings. The van der Waals surface area contributed by atoms with Crippen LogP contribution in [0.2, 0.25) is 0 Å². The number of carbonyl (C=O) groups excluding carboxylic acids is 1. The zero-order valence-electron chi connectivity index (χ0n) is 9.40. The minimum absolute atomic E-state index is 0.175. The monoisotopic (exact) mass is 180 g/mol. The van der Waals surface area contributed by atoms with Crippen molar-refractivity contribution < 1.29 is 4.79 Å². The van der Waals surface area contributed by atoms with Crippen LogP contribution in [0.4, 0.5) is 0 Å². The first kappa shape index (κ1) is 12.2. The Morgan fingerprint density at radius 1 is 1.15 bits per heavy atom. The number of fused-ring (bicyclic) bond motifs is 1. The van der Waals surface area contributed by atoms with E-state index in [4.69, 9.17) is 0 Å². The smallest absolute Gasteiger partial charge is 0.141 e. The van der Waals surface area contributed by atoms with E-state index in [1.807, 2.05) is 34.6 Å². The molecule has 1 unspecified atom stereocenters. The van der Waals surface area contributed by atoms with Crippen molar-refractivity contribution in [3.8, 4) is 0 Å². The van der Waals surface area contributed by atoms with E-state index in [2.05, 4.69) is 5.73 Å². The number of hydrogen-bond acceptors (Lipinski definition) is 1. The molecule has 1 saturated carbocycles. The highest BCUT2D eigenvalue weighted by Crippen LogP contribution is 2.37. The summed E-state index contributed by atoms with van der Waals surface area (Å²) in [7, 11) is 0. The molecular weight excluding hydrogens is 160 g/mol. The fraction of sp³-hybridized carbons (Fsp3) is 0.667. The Hall–Kier alpha value is -0.810. The number of ketones is 1. The Kier molecular flexibility index (Phi) is 5.41. The maximum Gasteiger partial charge on any atom is 0.141 e. The molecule has 2 aliphatic carbocycles. The molecule has 0 aliphatic heterocycles. The fourth-order valence-electron chi connectivity index (χ4n) is 1.32. The second-order valence-corrected chi connectivity index (χ2v) is 2.71. The largest absolute Gasteiger partial charge is 0.299 e. The predicted octanol–water partition coefficient (Wildman–Crippen LogP) is 3.50. The highest BCUT2D eigenvalue weighted by Gasteiger charge is 2.31. The van der Waals surface area contributed by atoms with Gasteiger partial charge in [-0.25, -0.2) is 0 Å². The van der Waals surface area contributed by atoms with E-state index in [1.165, 1.54) is 11.1 Å². The van der Waals surface area contributed by atoms with Gasteiger partial charge in [0.2, 0.25) is 0 Å². The van der Waals surface area contributed by atoms with Gasteiger partial charge in [-0.2, -0.15) is 0 Å². The Balaban J connectivity index is 0.000000322. The van der Waals surface area contributed by atoms with Gasteiger partial charge in [0.15, 0.2) is 0 Å². The Bertz CT molecular complexity index is 240. The van der Waals surface area contributed by atoms with Gasteiger partial charge in [0.25, 0.3) is 0 Å². The van der Waals surface area contributed by atoms with Crippen LogP contribution in [0.1, 0.15) is 47.5 Å². The van der Waals surface area contributed by atoms with Gasteiger partial charge in [0.1, 0.15) is 5.78 Å². The third-order valence-electron chi connectivity index (χ3n) is 2.09. The number of Topliss-reactive ketones (excluding diaryl/α,β-unsaturated/α-hetero) is 1. The number of allylic oxidation sites excluding steroid dienone is 1. The summed E-state index contributed by atoms with van der Waals surface area (Å²) in [6.45, 7) is 9.97. The van der Waals surface area contributed by atoms with E-state index in [-0.39, 0.29) is 5.92 Å². The van der Waals surface area contributed by atoms with Gasteiger partial charge >= 0.3 is 0 Å².